The second-order valence-corrected chi connectivity index (χ2v) is 3.61. The second kappa shape index (κ2) is 4.40. The molecule has 0 aliphatic rings. The zero-order valence-electron chi connectivity index (χ0n) is 8.84. The Labute approximate surface area is 92.3 Å². The Morgan fingerprint density at radius 1 is 1.44 bits per heavy atom. The maximum atomic E-state index is 13.3. The Bertz CT molecular complexity index is 482. The van der Waals surface area contributed by atoms with Crippen molar-refractivity contribution in [3.8, 4) is 0 Å². The Balaban J connectivity index is 2.18. The molecular weight excluding hydrogens is 209 g/mol. The van der Waals surface area contributed by atoms with E-state index in [0.29, 0.717) is 17.8 Å². The molecule has 0 aliphatic heterocycles. The predicted octanol–water partition coefficient (Wildman–Crippen LogP) is 1.52. The molecule has 2 aromatic rings. The largest absolute Gasteiger partial charge is 0.387 e. The molecule has 1 unspecified atom stereocenters. The molecule has 1 aromatic carbocycles. The molecule has 0 bridgehead atoms. The fraction of sp³-hybridized carbons (Fsp3) is 0.273. The summed E-state index contributed by atoms with van der Waals surface area (Å²) in [6, 6.07) is 6.51. The number of benzene rings is 1. The Morgan fingerprint density at radius 3 is 2.81 bits per heavy atom. The zero-order chi connectivity index (χ0) is 11.5. The van der Waals surface area contributed by atoms with Gasteiger partial charge < -0.3 is 5.11 Å². The molecule has 4 nitrogen and oxygen atoms in total. The number of hydrogen-bond donors (Lipinski definition) is 1. The number of aliphatic hydroxyl groups excluding tert-OH is 1. The lowest BCUT2D eigenvalue weighted by molar-refractivity contribution is 0.194. The molecule has 1 aromatic heterocycles. The average Bonchev–Trinajstić information content (AvgIpc) is 2.70. The Morgan fingerprint density at radius 2 is 2.19 bits per heavy atom. The summed E-state index contributed by atoms with van der Waals surface area (Å²) < 4.78 is 14.8. The van der Waals surface area contributed by atoms with E-state index in [2.05, 4.69) is 10.3 Å². The summed E-state index contributed by atoms with van der Waals surface area (Å²) in [5, 5.41) is 16.9. The molecule has 2 rings (SSSR count). The van der Waals surface area contributed by atoms with E-state index in [-0.39, 0.29) is 5.82 Å². The van der Waals surface area contributed by atoms with Gasteiger partial charge in [-0.2, -0.15) is 0 Å². The van der Waals surface area contributed by atoms with Gasteiger partial charge >= 0.3 is 0 Å². The van der Waals surface area contributed by atoms with Gasteiger partial charge in [-0.25, -0.2) is 9.07 Å². The molecule has 5 heteroatoms. The highest BCUT2D eigenvalue weighted by atomic mass is 19.1. The van der Waals surface area contributed by atoms with Crippen LogP contribution in [-0.4, -0.2) is 20.1 Å². The molecule has 0 saturated heterocycles. The summed E-state index contributed by atoms with van der Waals surface area (Å²) in [6.07, 6.45) is 0.950. The van der Waals surface area contributed by atoms with Crippen molar-refractivity contribution in [3.05, 3.63) is 47.5 Å². The molecule has 0 aliphatic carbocycles. The van der Waals surface area contributed by atoms with E-state index in [1.165, 1.54) is 10.7 Å². The van der Waals surface area contributed by atoms with Gasteiger partial charge in [0.2, 0.25) is 0 Å². The molecule has 0 radical (unpaired) electrons. The van der Waals surface area contributed by atoms with Crippen LogP contribution in [0.4, 0.5) is 4.39 Å². The minimum Gasteiger partial charge on any atom is -0.387 e. The molecule has 16 heavy (non-hydrogen) atoms. The van der Waals surface area contributed by atoms with Gasteiger partial charge in [0.1, 0.15) is 11.5 Å². The van der Waals surface area contributed by atoms with Crippen molar-refractivity contribution in [3.63, 3.8) is 0 Å². The highest BCUT2D eigenvalue weighted by Gasteiger charge is 2.07. The van der Waals surface area contributed by atoms with E-state index in [1.54, 1.807) is 31.3 Å². The van der Waals surface area contributed by atoms with Crippen LogP contribution in [0.15, 0.2) is 30.5 Å². The predicted molar refractivity (Wildman–Crippen MR) is 56.2 cm³/mol. The quantitative estimate of drug-likeness (QED) is 0.854. The maximum Gasteiger partial charge on any atom is 0.128 e. The van der Waals surface area contributed by atoms with Crippen LogP contribution in [0.1, 0.15) is 24.3 Å². The number of rotatable bonds is 3. The fourth-order valence-electron chi connectivity index (χ4n) is 1.38. The molecular formula is C11H12FN3O. The Hall–Kier alpha value is -1.75. The van der Waals surface area contributed by atoms with Crippen LogP contribution in [0.2, 0.25) is 0 Å². The number of hydrogen-bond acceptors (Lipinski definition) is 3. The number of aromatic nitrogens is 3. The van der Waals surface area contributed by atoms with E-state index in [0.717, 1.165) is 0 Å². The summed E-state index contributed by atoms with van der Waals surface area (Å²) in [7, 11) is 0. The molecule has 1 heterocycles. The summed E-state index contributed by atoms with van der Waals surface area (Å²) in [5.41, 5.74) is 1.03. The van der Waals surface area contributed by atoms with Crippen LogP contribution in [0, 0.1) is 5.82 Å². The van der Waals surface area contributed by atoms with Crippen molar-refractivity contribution in [2.24, 2.45) is 0 Å². The van der Waals surface area contributed by atoms with Crippen LogP contribution in [0.3, 0.4) is 0 Å². The van der Waals surface area contributed by atoms with Crippen molar-refractivity contribution >= 4 is 0 Å². The minimum atomic E-state index is -0.658. The molecule has 1 atom stereocenters. The lowest BCUT2D eigenvalue weighted by atomic mass is 10.2. The van der Waals surface area contributed by atoms with E-state index in [1.807, 2.05) is 0 Å². The molecule has 0 spiro atoms. The monoisotopic (exact) mass is 221 g/mol. The van der Waals surface area contributed by atoms with Crippen molar-refractivity contribution in [1.82, 2.24) is 15.0 Å². The van der Waals surface area contributed by atoms with E-state index in [4.69, 9.17) is 0 Å². The topological polar surface area (TPSA) is 50.9 Å². The summed E-state index contributed by atoms with van der Waals surface area (Å²) in [5.74, 6) is -0.267. The van der Waals surface area contributed by atoms with Crippen molar-refractivity contribution in [1.29, 1.82) is 0 Å². The van der Waals surface area contributed by atoms with Gasteiger partial charge in [-0.15, -0.1) is 5.10 Å². The molecule has 0 saturated carbocycles. The average molecular weight is 221 g/mol. The first-order valence-electron chi connectivity index (χ1n) is 4.98. The van der Waals surface area contributed by atoms with Gasteiger partial charge in [-0.1, -0.05) is 23.4 Å². The summed E-state index contributed by atoms with van der Waals surface area (Å²) in [6.45, 7) is 1.92. The van der Waals surface area contributed by atoms with Crippen molar-refractivity contribution < 1.29 is 9.50 Å². The number of aliphatic hydroxyl groups is 1. The fourth-order valence-corrected chi connectivity index (χ4v) is 1.38. The summed E-state index contributed by atoms with van der Waals surface area (Å²) >= 11 is 0. The molecule has 84 valence electrons. The first kappa shape index (κ1) is 10.8. The first-order chi connectivity index (χ1) is 7.66. The number of halogens is 1. The van der Waals surface area contributed by atoms with Crippen LogP contribution in [0.5, 0.6) is 0 Å². The van der Waals surface area contributed by atoms with Gasteiger partial charge in [-0.3, -0.25) is 0 Å². The van der Waals surface area contributed by atoms with Gasteiger partial charge in [0.15, 0.2) is 0 Å². The lowest BCUT2D eigenvalue weighted by Crippen LogP contribution is -2.02. The van der Waals surface area contributed by atoms with Gasteiger partial charge in [0.05, 0.1) is 18.8 Å². The third kappa shape index (κ3) is 2.25. The van der Waals surface area contributed by atoms with E-state index < -0.39 is 6.10 Å². The SMILES string of the molecule is CC(O)c1cn(Cc2ccccc2F)nn1. The standard InChI is InChI=1S/C11H12FN3O/c1-8(16)11-7-15(14-13-11)6-9-4-2-3-5-10(9)12/h2-5,7-8,16H,6H2,1H3. The third-order valence-electron chi connectivity index (χ3n) is 2.27. The summed E-state index contributed by atoms with van der Waals surface area (Å²) in [4.78, 5) is 0. The zero-order valence-corrected chi connectivity index (χ0v) is 8.84. The van der Waals surface area contributed by atoms with Crippen LogP contribution in [-0.2, 0) is 6.54 Å². The van der Waals surface area contributed by atoms with Crippen LogP contribution in [0.25, 0.3) is 0 Å². The van der Waals surface area contributed by atoms with Crippen molar-refractivity contribution in [2.45, 2.75) is 19.6 Å². The van der Waals surface area contributed by atoms with Crippen molar-refractivity contribution in [2.75, 3.05) is 0 Å². The highest BCUT2D eigenvalue weighted by molar-refractivity contribution is 5.17. The third-order valence-corrected chi connectivity index (χ3v) is 2.27. The van der Waals surface area contributed by atoms with Gasteiger partial charge in [-0.05, 0) is 13.0 Å². The molecule has 1 N–H and O–H groups in total. The first-order valence-corrected chi connectivity index (χ1v) is 4.98. The highest BCUT2D eigenvalue weighted by Crippen LogP contribution is 2.10. The maximum absolute atomic E-state index is 13.3. The second-order valence-electron chi connectivity index (χ2n) is 3.61. The molecule has 0 amide bonds. The van der Waals surface area contributed by atoms with Gasteiger partial charge in [0.25, 0.3) is 0 Å². The van der Waals surface area contributed by atoms with E-state index >= 15 is 0 Å². The number of nitrogens with zero attached hydrogens (tertiary/aromatic N) is 3. The lowest BCUT2D eigenvalue weighted by Gasteiger charge is -2.01. The van der Waals surface area contributed by atoms with Crippen LogP contribution >= 0.6 is 0 Å². The smallest absolute Gasteiger partial charge is 0.128 e. The normalized spacial score (nSPS) is 12.7. The van der Waals surface area contributed by atoms with Gasteiger partial charge in [0, 0.05) is 5.56 Å². The molecule has 0 fully saturated rings. The minimum absolute atomic E-state index is 0.267. The van der Waals surface area contributed by atoms with Crippen LogP contribution < -0.4 is 0 Å². The Kier molecular flexibility index (Phi) is 2.96. The van der Waals surface area contributed by atoms with E-state index in [9.17, 15) is 9.50 Å².